The van der Waals surface area contributed by atoms with Crippen LogP contribution in [-0.2, 0) is 14.8 Å². The zero-order valence-corrected chi connectivity index (χ0v) is 21.7. The molecule has 0 saturated carbocycles. The van der Waals surface area contributed by atoms with Crippen molar-refractivity contribution in [2.24, 2.45) is 0 Å². The Morgan fingerprint density at radius 3 is 2.22 bits per heavy atom. The molecule has 0 spiro atoms. The Labute approximate surface area is 212 Å². The lowest BCUT2D eigenvalue weighted by molar-refractivity contribution is -0.114. The highest BCUT2D eigenvalue weighted by atomic mass is 32.2. The van der Waals surface area contributed by atoms with Gasteiger partial charge in [-0.3, -0.25) is 13.9 Å². The average Bonchev–Trinajstić information content (AvgIpc) is 2.88. The Hall–Kier alpha value is -3.85. The van der Waals surface area contributed by atoms with Crippen molar-refractivity contribution in [3.63, 3.8) is 0 Å². The number of hydrogen-bond acceptors (Lipinski definition) is 5. The second-order valence-corrected chi connectivity index (χ2v) is 9.96. The molecule has 0 bridgehead atoms. The summed E-state index contributed by atoms with van der Waals surface area (Å²) in [6.07, 6.45) is 0. The van der Waals surface area contributed by atoms with Crippen LogP contribution in [0.4, 0.5) is 11.4 Å². The van der Waals surface area contributed by atoms with Crippen LogP contribution in [0.5, 0.6) is 5.75 Å². The molecule has 0 atom stereocenters. The molecule has 0 fully saturated rings. The lowest BCUT2D eigenvalue weighted by Crippen LogP contribution is -2.38. The summed E-state index contributed by atoms with van der Waals surface area (Å²) in [5.41, 5.74) is 1.84. The molecule has 0 heterocycles. The molecule has 0 aromatic heterocycles. The second-order valence-electron chi connectivity index (χ2n) is 8.10. The molecular weight excluding hydrogens is 478 g/mol. The van der Waals surface area contributed by atoms with Gasteiger partial charge in [-0.15, -0.1) is 0 Å². The van der Waals surface area contributed by atoms with E-state index in [1.165, 1.54) is 19.2 Å². The van der Waals surface area contributed by atoms with E-state index in [1.54, 1.807) is 65.6 Å². The van der Waals surface area contributed by atoms with E-state index in [2.05, 4.69) is 5.32 Å². The van der Waals surface area contributed by atoms with Gasteiger partial charge < -0.3 is 15.0 Å². The first-order chi connectivity index (χ1) is 17.2. The van der Waals surface area contributed by atoms with Gasteiger partial charge in [0, 0.05) is 19.2 Å². The molecule has 9 heteroatoms. The lowest BCUT2D eigenvalue weighted by Gasteiger charge is -2.25. The number of carbonyl (C=O) groups excluding carboxylic acids is 2. The van der Waals surface area contributed by atoms with Crippen LogP contribution in [0.1, 0.15) is 29.8 Å². The van der Waals surface area contributed by atoms with E-state index in [4.69, 9.17) is 4.74 Å². The number of amides is 2. The minimum atomic E-state index is -4.09. The fourth-order valence-corrected chi connectivity index (χ4v) is 5.11. The van der Waals surface area contributed by atoms with Crippen LogP contribution < -0.4 is 14.4 Å². The molecule has 0 aliphatic rings. The van der Waals surface area contributed by atoms with Gasteiger partial charge >= 0.3 is 0 Å². The van der Waals surface area contributed by atoms with E-state index in [0.717, 1.165) is 9.87 Å². The van der Waals surface area contributed by atoms with Crippen LogP contribution in [0.15, 0.2) is 77.7 Å². The molecule has 3 aromatic carbocycles. The van der Waals surface area contributed by atoms with Crippen LogP contribution in [0.25, 0.3) is 0 Å². The number of sulfonamides is 1. The summed E-state index contributed by atoms with van der Waals surface area (Å²) in [5, 5.41) is 2.73. The number of anilines is 2. The molecule has 8 nitrogen and oxygen atoms in total. The summed E-state index contributed by atoms with van der Waals surface area (Å²) in [5.74, 6) is -0.353. The topological polar surface area (TPSA) is 96.0 Å². The highest BCUT2D eigenvalue weighted by molar-refractivity contribution is 7.92. The Morgan fingerprint density at radius 1 is 0.917 bits per heavy atom. The molecule has 0 unspecified atom stereocenters. The van der Waals surface area contributed by atoms with E-state index in [0.29, 0.717) is 30.1 Å². The quantitative estimate of drug-likeness (QED) is 0.439. The molecule has 3 rings (SSSR count). The number of hydrogen-bond donors (Lipinski definition) is 1. The number of para-hydroxylation sites is 1. The summed E-state index contributed by atoms with van der Waals surface area (Å²) in [4.78, 5) is 27.8. The highest BCUT2D eigenvalue weighted by Crippen LogP contribution is 2.27. The van der Waals surface area contributed by atoms with Gasteiger partial charge in [-0.05, 0) is 57.2 Å². The first-order valence-electron chi connectivity index (χ1n) is 11.6. The van der Waals surface area contributed by atoms with Crippen molar-refractivity contribution >= 4 is 33.2 Å². The molecule has 2 amide bonds. The first kappa shape index (κ1) is 26.7. The zero-order chi connectivity index (χ0) is 26.3. The molecule has 0 aliphatic heterocycles. The monoisotopic (exact) mass is 509 g/mol. The average molecular weight is 510 g/mol. The SMILES string of the molecule is CCN(CC)C(=O)c1ccccc1NC(=O)CN(c1cccc(OC)c1)S(=O)(=O)c1ccc(C)cc1. The zero-order valence-electron chi connectivity index (χ0n) is 20.9. The summed E-state index contributed by atoms with van der Waals surface area (Å²) in [6, 6.07) is 19.6. The minimum Gasteiger partial charge on any atom is -0.497 e. The number of ether oxygens (including phenoxy) is 1. The Balaban J connectivity index is 1.96. The van der Waals surface area contributed by atoms with Crippen LogP contribution in [0.2, 0.25) is 0 Å². The largest absolute Gasteiger partial charge is 0.497 e. The van der Waals surface area contributed by atoms with E-state index >= 15 is 0 Å². The fourth-order valence-electron chi connectivity index (χ4n) is 3.70. The molecule has 0 saturated heterocycles. The predicted octanol–water partition coefficient (Wildman–Crippen LogP) is 4.32. The third kappa shape index (κ3) is 6.04. The van der Waals surface area contributed by atoms with Crippen LogP contribution in [0.3, 0.4) is 0 Å². The van der Waals surface area contributed by atoms with Crippen LogP contribution >= 0.6 is 0 Å². The number of nitrogens with one attached hydrogen (secondary N) is 1. The Bertz CT molecular complexity index is 1320. The summed E-state index contributed by atoms with van der Waals surface area (Å²) < 4.78 is 33.5. The molecule has 190 valence electrons. The molecule has 0 aliphatic carbocycles. The maximum absolute atomic E-state index is 13.6. The number of nitrogens with zero attached hydrogens (tertiary/aromatic N) is 2. The van der Waals surface area contributed by atoms with Crippen molar-refractivity contribution in [1.29, 1.82) is 0 Å². The normalized spacial score (nSPS) is 11.0. The molecule has 3 aromatic rings. The van der Waals surface area contributed by atoms with E-state index in [9.17, 15) is 18.0 Å². The van der Waals surface area contributed by atoms with Gasteiger partial charge in [0.25, 0.3) is 15.9 Å². The summed E-state index contributed by atoms with van der Waals surface area (Å²) in [7, 11) is -2.61. The number of carbonyl (C=O) groups is 2. The van der Waals surface area contributed by atoms with Gasteiger partial charge in [-0.1, -0.05) is 35.9 Å². The van der Waals surface area contributed by atoms with Gasteiger partial charge in [0.1, 0.15) is 12.3 Å². The van der Waals surface area contributed by atoms with Gasteiger partial charge in [-0.25, -0.2) is 8.42 Å². The lowest BCUT2D eigenvalue weighted by atomic mass is 10.1. The number of aryl methyl sites for hydroxylation is 1. The fraction of sp³-hybridized carbons (Fsp3) is 0.259. The third-order valence-corrected chi connectivity index (χ3v) is 7.51. The summed E-state index contributed by atoms with van der Waals surface area (Å²) >= 11 is 0. The standard InChI is InChI=1S/C27H31N3O5S/c1-5-29(6-2)27(32)24-12-7-8-13-25(24)28-26(31)19-30(21-10-9-11-22(18-21)35-4)36(33,34)23-16-14-20(3)15-17-23/h7-18H,5-6,19H2,1-4H3,(H,28,31). The maximum Gasteiger partial charge on any atom is 0.264 e. The Kier molecular flexibility index (Phi) is 8.71. The van der Waals surface area contributed by atoms with E-state index in [1.807, 2.05) is 20.8 Å². The maximum atomic E-state index is 13.6. The summed E-state index contributed by atoms with van der Waals surface area (Å²) in [6.45, 7) is 6.17. The predicted molar refractivity (Wildman–Crippen MR) is 141 cm³/mol. The van der Waals surface area contributed by atoms with Gasteiger partial charge in [0.05, 0.1) is 28.9 Å². The minimum absolute atomic E-state index is 0.0563. The molecule has 0 radical (unpaired) electrons. The van der Waals surface area contributed by atoms with Crippen molar-refractivity contribution in [3.8, 4) is 5.75 Å². The van der Waals surface area contributed by atoms with Crippen molar-refractivity contribution in [2.75, 3.05) is 36.4 Å². The molecule has 1 N–H and O–H groups in total. The number of benzene rings is 3. The number of rotatable bonds is 10. The van der Waals surface area contributed by atoms with Crippen LogP contribution in [0, 0.1) is 6.92 Å². The van der Waals surface area contributed by atoms with E-state index in [-0.39, 0.29) is 16.5 Å². The highest BCUT2D eigenvalue weighted by Gasteiger charge is 2.28. The smallest absolute Gasteiger partial charge is 0.264 e. The van der Waals surface area contributed by atoms with Crippen molar-refractivity contribution in [2.45, 2.75) is 25.7 Å². The van der Waals surface area contributed by atoms with Gasteiger partial charge in [0.2, 0.25) is 5.91 Å². The van der Waals surface area contributed by atoms with E-state index < -0.39 is 22.5 Å². The van der Waals surface area contributed by atoms with Gasteiger partial charge in [-0.2, -0.15) is 0 Å². The van der Waals surface area contributed by atoms with Gasteiger partial charge in [0.15, 0.2) is 0 Å². The first-order valence-corrected chi connectivity index (χ1v) is 13.1. The molecular formula is C27H31N3O5S. The Morgan fingerprint density at radius 2 is 1.58 bits per heavy atom. The number of methoxy groups -OCH3 is 1. The third-order valence-electron chi connectivity index (χ3n) is 5.72. The van der Waals surface area contributed by atoms with Crippen LogP contribution in [-0.4, -0.2) is 51.9 Å². The molecule has 36 heavy (non-hydrogen) atoms. The second kappa shape index (κ2) is 11.7. The van der Waals surface area contributed by atoms with Crippen molar-refractivity contribution in [3.05, 3.63) is 83.9 Å². The van der Waals surface area contributed by atoms with Crippen molar-refractivity contribution < 1.29 is 22.7 Å². The van der Waals surface area contributed by atoms with Crippen molar-refractivity contribution in [1.82, 2.24) is 4.90 Å².